The number of aromatic nitrogens is 2. The maximum absolute atomic E-state index is 9.65. The highest BCUT2D eigenvalue weighted by molar-refractivity contribution is 5.57. The fourth-order valence-corrected chi connectivity index (χ4v) is 3.03. The molecule has 118 valence electrons. The van der Waals surface area contributed by atoms with Crippen molar-refractivity contribution in [2.75, 3.05) is 13.1 Å². The van der Waals surface area contributed by atoms with Crippen molar-refractivity contribution in [3.8, 4) is 11.5 Å². The first-order valence-electron chi connectivity index (χ1n) is 7.92. The molecule has 3 rings (SSSR count). The maximum atomic E-state index is 9.65. The van der Waals surface area contributed by atoms with Crippen LogP contribution in [0.1, 0.15) is 31.2 Å². The van der Waals surface area contributed by atoms with Gasteiger partial charge in [0, 0.05) is 5.56 Å². The van der Waals surface area contributed by atoms with E-state index in [4.69, 9.17) is 4.52 Å². The molecule has 0 amide bonds. The van der Waals surface area contributed by atoms with Gasteiger partial charge in [-0.25, -0.2) is 0 Å². The Bertz CT molecular complexity index is 616. The summed E-state index contributed by atoms with van der Waals surface area (Å²) in [5.41, 5.74) is 2.13. The Morgan fingerprint density at radius 1 is 1.32 bits per heavy atom. The van der Waals surface area contributed by atoms with E-state index in [9.17, 15) is 5.11 Å². The number of aryl methyl sites for hydroxylation is 1. The molecule has 5 nitrogen and oxygen atoms in total. The van der Waals surface area contributed by atoms with Crippen molar-refractivity contribution in [1.82, 2.24) is 15.0 Å². The lowest BCUT2D eigenvalue weighted by molar-refractivity contribution is 0.0684. The molecule has 1 aromatic carbocycles. The summed E-state index contributed by atoms with van der Waals surface area (Å²) in [6.07, 6.45) is 1.85. The monoisotopic (exact) mass is 301 g/mol. The number of aliphatic hydroxyl groups excluding tert-OH is 1. The van der Waals surface area contributed by atoms with Gasteiger partial charge in [-0.3, -0.25) is 4.90 Å². The summed E-state index contributed by atoms with van der Waals surface area (Å²) < 4.78 is 5.40. The number of nitrogens with zero attached hydrogens (tertiary/aromatic N) is 3. The highest BCUT2D eigenvalue weighted by Crippen LogP contribution is 2.23. The highest BCUT2D eigenvalue weighted by atomic mass is 16.5. The SMILES string of the molecule is Cc1ccccc1-c1nc(CN2CCC(C(C)O)CC2)no1. The van der Waals surface area contributed by atoms with Crippen molar-refractivity contribution in [1.29, 1.82) is 0 Å². The molecule has 0 aliphatic carbocycles. The number of hydrogen-bond acceptors (Lipinski definition) is 5. The van der Waals surface area contributed by atoms with Gasteiger partial charge in [-0.05, 0) is 57.3 Å². The van der Waals surface area contributed by atoms with Gasteiger partial charge in [-0.2, -0.15) is 4.98 Å². The average molecular weight is 301 g/mol. The molecule has 5 heteroatoms. The number of benzene rings is 1. The first kappa shape index (κ1) is 15.2. The Balaban J connectivity index is 1.62. The van der Waals surface area contributed by atoms with Gasteiger partial charge in [-0.15, -0.1) is 0 Å². The van der Waals surface area contributed by atoms with Crippen molar-refractivity contribution >= 4 is 0 Å². The van der Waals surface area contributed by atoms with E-state index in [-0.39, 0.29) is 6.10 Å². The molecule has 2 heterocycles. The Kier molecular flexibility index (Phi) is 4.55. The smallest absolute Gasteiger partial charge is 0.258 e. The van der Waals surface area contributed by atoms with Gasteiger partial charge in [0.1, 0.15) is 0 Å². The zero-order chi connectivity index (χ0) is 15.5. The molecule has 0 spiro atoms. The summed E-state index contributed by atoms with van der Waals surface area (Å²) in [4.78, 5) is 6.85. The van der Waals surface area contributed by atoms with E-state index < -0.39 is 0 Å². The molecule has 1 aliphatic rings. The Morgan fingerprint density at radius 3 is 2.73 bits per heavy atom. The van der Waals surface area contributed by atoms with E-state index in [1.165, 1.54) is 0 Å². The molecule has 2 aromatic rings. The molecule has 0 radical (unpaired) electrons. The molecule has 1 aromatic heterocycles. The molecule has 1 fully saturated rings. The van der Waals surface area contributed by atoms with Crippen LogP contribution in [0.25, 0.3) is 11.5 Å². The second kappa shape index (κ2) is 6.58. The minimum absolute atomic E-state index is 0.208. The molecule has 0 bridgehead atoms. The Labute approximate surface area is 131 Å². The Hall–Kier alpha value is -1.72. The standard InChI is InChI=1S/C17H23N3O2/c1-12-5-3-4-6-15(12)17-18-16(19-22-17)11-20-9-7-14(8-10-20)13(2)21/h3-6,13-14,21H,7-11H2,1-2H3. The van der Waals surface area contributed by atoms with Gasteiger partial charge in [0.05, 0.1) is 12.6 Å². The lowest BCUT2D eigenvalue weighted by Crippen LogP contribution is -2.36. The van der Waals surface area contributed by atoms with Crippen LogP contribution in [0.2, 0.25) is 0 Å². The number of piperidine rings is 1. The van der Waals surface area contributed by atoms with Crippen molar-refractivity contribution in [2.45, 2.75) is 39.3 Å². The molecule has 1 atom stereocenters. The average Bonchev–Trinajstić information content (AvgIpc) is 2.96. The number of aliphatic hydroxyl groups is 1. The third-order valence-corrected chi connectivity index (χ3v) is 4.52. The van der Waals surface area contributed by atoms with E-state index in [0.29, 0.717) is 18.4 Å². The quantitative estimate of drug-likeness (QED) is 0.940. The third kappa shape index (κ3) is 3.36. The number of likely N-dealkylation sites (tertiary alicyclic amines) is 1. The van der Waals surface area contributed by atoms with Crippen LogP contribution in [0.5, 0.6) is 0 Å². The minimum atomic E-state index is -0.208. The van der Waals surface area contributed by atoms with E-state index in [2.05, 4.69) is 15.0 Å². The topological polar surface area (TPSA) is 62.4 Å². The van der Waals surface area contributed by atoms with Gasteiger partial charge in [-0.1, -0.05) is 23.4 Å². The largest absolute Gasteiger partial charge is 0.393 e. The van der Waals surface area contributed by atoms with Crippen LogP contribution in [0.3, 0.4) is 0 Å². The maximum Gasteiger partial charge on any atom is 0.258 e. The second-order valence-corrected chi connectivity index (χ2v) is 6.18. The summed E-state index contributed by atoms with van der Waals surface area (Å²) in [7, 11) is 0. The number of rotatable bonds is 4. The highest BCUT2D eigenvalue weighted by Gasteiger charge is 2.23. The summed E-state index contributed by atoms with van der Waals surface area (Å²) in [5, 5.41) is 13.8. The van der Waals surface area contributed by atoms with E-state index in [1.54, 1.807) is 0 Å². The lowest BCUT2D eigenvalue weighted by atomic mass is 9.92. The molecular formula is C17H23N3O2. The van der Waals surface area contributed by atoms with Gasteiger partial charge >= 0.3 is 0 Å². The van der Waals surface area contributed by atoms with Gasteiger partial charge in [0.2, 0.25) is 0 Å². The Morgan fingerprint density at radius 2 is 2.05 bits per heavy atom. The van der Waals surface area contributed by atoms with Crippen LogP contribution in [0.4, 0.5) is 0 Å². The normalized spacial score (nSPS) is 18.5. The van der Waals surface area contributed by atoms with Crippen LogP contribution in [0.15, 0.2) is 28.8 Å². The molecule has 1 aliphatic heterocycles. The molecule has 0 saturated carbocycles. The third-order valence-electron chi connectivity index (χ3n) is 4.52. The van der Waals surface area contributed by atoms with E-state index in [0.717, 1.165) is 42.9 Å². The van der Waals surface area contributed by atoms with Gasteiger partial charge in [0.25, 0.3) is 5.89 Å². The zero-order valence-electron chi connectivity index (χ0n) is 13.2. The van der Waals surface area contributed by atoms with Crippen LogP contribution >= 0.6 is 0 Å². The fraction of sp³-hybridized carbons (Fsp3) is 0.529. The van der Waals surface area contributed by atoms with Crippen LogP contribution in [-0.2, 0) is 6.54 Å². The van der Waals surface area contributed by atoms with E-state index in [1.807, 2.05) is 38.1 Å². The lowest BCUT2D eigenvalue weighted by Gasteiger charge is -2.32. The van der Waals surface area contributed by atoms with Crippen molar-refractivity contribution in [3.63, 3.8) is 0 Å². The molecule has 1 N–H and O–H groups in total. The molecule has 22 heavy (non-hydrogen) atoms. The van der Waals surface area contributed by atoms with Crippen molar-refractivity contribution in [3.05, 3.63) is 35.7 Å². The van der Waals surface area contributed by atoms with Gasteiger partial charge in [0.15, 0.2) is 5.82 Å². The molecule has 1 unspecified atom stereocenters. The zero-order valence-corrected chi connectivity index (χ0v) is 13.2. The second-order valence-electron chi connectivity index (χ2n) is 6.18. The van der Waals surface area contributed by atoms with Crippen molar-refractivity contribution in [2.24, 2.45) is 5.92 Å². The molecular weight excluding hydrogens is 278 g/mol. The summed E-state index contributed by atoms with van der Waals surface area (Å²) in [5.74, 6) is 1.74. The minimum Gasteiger partial charge on any atom is -0.393 e. The first-order chi connectivity index (χ1) is 10.6. The summed E-state index contributed by atoms with van der Waals surface area (Å²) in [6, 6.07) is 8.02. The van der Waals surface area contributed by atoms with Crippen molar-refractivity contribution < 1.29 is 9.63 Å². The summed E-state index contributed by atoms with van der Waals surface area (Å²) in [6.45, 7) is 6.59. The predicted molar refractivity (Wildman–Crippen MR) is 84.2 cm³/mol. The fourth-order valence-electron chi connectivity index (χ4n) is 3.03. The summed E-state index contributed by atoms with van der Waals surface area (Å²) >= 11 is 0. The van der Waals surface area contributed by atoms with E-state index >= 15 is 0 Å². The van der Waals surface area contributed by atoms with Crippen LogP contribution < -0.4 is 0 Å². The first-order valence-corrected chi connectivity index (χ1v) is 7.92. The number of hydrogen-bond donors (Lipinski definition) is 1. The van der Waals surface area contributed by atoms with Crippen LogP contribution in [0, 0.1) is 12.8 Å². The van der Waals surface area contributed by atoms with Gasteiger partial charge < -0.3 is 9.63 Å². The van der Waals surface area contributed by atoms with Crippen LogP contribution in [-0.4, -0.2) is 39.3 Å². The molecule has 1 saturated heterocycles. The predicted octanol–water partition coefficient (Wildman–Crippen LogP) is 2.64.